The van der Waals surface area contributed by atoms with Crippen molar-refractivity contribution < 1.29 is 4.74 Å². The van der Waals surface area contributed by atoms with Crippen LogP contribution >= 0.6 is 0 Å². The van der Waals surface area contributed by atoms with Gasteiger partial charge >= 0.3 is 0 Å². The second-order valence-electron chi connectivity index (χ2n) is 4.38. The van der Waals surface area contributed by atoms with Crippen molar-refractivity contribution in [3.63, 3.8) is 0 Å². The second kappa shape index (κ2) is 4.79. The molecule has 0 N–H and O–H groups in total. The predicted molar refractivity (Wildman–Crippen MR) is 60.1 cm³/mol. The number of rotatable bonds is 4. The van der Waals surface area contributed by atoms with Gasteiger partial charge in [0.1, 0.15) is 0 Å². The van der Waals surface area contributed by atoms with E-state index < -0.39 is 0 Å². The summed E-state index contributed by atoms with van der Waals surface area (Å²) >= 11 is 0. The number of aromatic nitrogens is 2. The van der Waals surface area contributed by atoms with Gasteiger partial charge in [0.15, 0.2) is 0 Å². The van der Waals surface area contributed by atoms with Gasteiger partial charge in [-0.05, 0) is 39.0 Å². The molecule has 0 saturated heterocycles. The van der Waals surface area contributed by atoms with Crippen LogP contribution in [0.4, 0.5) is 0 Å². The maximum absolute atomic E-state index is 5.12. The molecule has 1 aliphatic carbocycles. The first-order chi connectivity index (χ1) is 7.33. The van der Waals surface area contributed by atoms with Crippen molar-refractivity contribution in [2.24, 2.45) is 0 Å². The Balaban J connectivity index is 2.10. The molecule has 1 aromatic rings. The standard InChI is InChI=1S/C12H20N2O/c1-10(7-8-15-2)14-9-13-11-5-3-4-6-12(11)14/h9-10H,3-8H2,1-2H3. The van der Waals surface area contributed by atoms with Crippen molar-refractivity contribution in [3.05, 3.63) is 17.7 Å². The van der Waals surface area contributed by atoms with Crippen LogP contribution < -0.4 is 0 Å². The van der Waals surface area contributed by atoms with E-state index in [1.807, 2.05) is 6.33 Å². The largest absolute Gasteiger partial charge is 0.385 e. The normalized spacial score (nSPS) is 17.5. The van der Waals surface area contributed by atoms with Gasteiger partial charge in [-0.1, -0.05) is 0 Å². The van der Waals surface area contributed by atoms with Crippen LogP contribution in [0.2, 0.25) is 0 Å². The number of hydrogen-bond acceptors (Lipinski definition) is 2. The number of fused-ring (bicyclic) bond motifs is 1. The summed E-state index contributed by atoms with van der Waals surface area (Å²) < 4.78 is 7.46. The number of aryl methyl sites for hydroxylation is 1. The molecule has 2 rings (SSSR count). The van der Waals surface area contributed by atoms with Crippen molar-refractivity contribution in [1.82, 2.24) is 9.55 Å². The van der Waals surface area contributed by atoms with E-state index in [1.54, 1.807) is 7.11 Å². The molecule has 0 aromatic carbocycles. The Morgan fingerprint density at radius 3 is 3.07 bits per heavy atom. The minimum absolute atomic E-state index is 0.513. The van der Waals surface area contributed by atoms with Gasteiger partial charge in [-0.25, -0.2) is 4.98 Å². The maximum Gasteiger partial charge on any atom is 0.0954 e. The first-order valence-electron chi connectivity index (χ1n) is 5.86. The van der Waals surface area contributed by atoms with Gasteiger partial charge in [-0.15, -0.1) is 0 Å². The predicted octanol–water partition coefficient (Wildman–Crippen LogP) is 2.36. The van der Waals surface area contributed by atoms with Gasteiger partial charge in [0.05, 0.1) is 12.0 Å². The molecule has 0 fully saturated rings. The number of imidazole rings is 1. The van der Waals surface area contributed by atoms with Crippen LogP contribution in [-0.4, -0.2) is 23.3 Å². The van der Waals surface area contributed by atoms with Gasteiger partial charge in [0.2, 0.25) is 0 Å². The van der Waals surface area contributed by atoms with Crippen LogP contribution in [0, 0.1) is 0 Å². The quantitative estimate of drug-likeness (QED) is 0.759. The molecule has 1 aliphatic rings. The smallest absolute Gasteiger partial charge is 0.0954 e. The van der Waals surface area contributed by atoms with E-state index in [2.05, 4.69) is 16.5 Å². The summed E-state index contributed by atoms with van der Waals surface area (Å²) in [5.41, 5.74) is 2.79. The highest BCUT2D eigenvalue weighted by Crippen LogP contribution is 2.23. The van der Waals surface area contributed by atoms with Crippen molar-refractivity contribution >= 4 is 0 Å². The molecule has 1 unspecified atom stereocenters. The van der Waals surface area contributed by atoms with Gasteiger partial charge in [0, 0.05) is 25.5 Å². The van der Waals surface area contributed by atoms with Crippen molar-refractivity contribution in [1.29, 1.82) is 0 Å². The zero-order valence-corrected chi connectivity index (χ0v) is 9.70. The van der Waals surface area contributed by atoms with Crippen LogP contribution in [0.25, 0.3) is 0 Å². The van der Waals surface area contributed by atoms with E-state index in [-0.39, 0.29) is 0 Å². The molecule has 0 bridgehead atoms. The molecular weight excluding hydrogens is 188 g/mol. The summed E-state index contributed by atoms with van der Waals surface area (Å²) in [4.78, 5) is 4.51. The molecule has 0 spiro atoms. The summed E-state index contributed by atoms with van der Waals surface area (Å²) in [6.07, 6.45) is 8.06. The summed E-state index contributed by atoms with van der Waals surface area (Å²) in [6.45, 7) is 3.07. The summed E-state index contributed by atoms with van der Waals surface area (Å²) in [6, 6.07) is 0.513. The average molecular weight is 208 g/mol. The zero-order valence-electron chi connectivity index (χ0n) is 9.70. The molecule has 1 aromatic heterocycles. The second-order valence-corrected chi connectivity index (χ2v) is 4.38. The minimum Gasteiger partial charge on any atom is -0.385 e. The van der Waals surface area contributed by atoms with Gasteiger partial charge < -0.3 is 9.30 Å². The third-order valence-corrected chi connectivity index (χ3v) is 3.27. The van der Waals surface area contributed by atoms with Gasteiger partial charge in [0.25, 0.3) is 0 Å². The van der Waals surface area contributed by atoms with Crippen LogP contribution in [0.15, 0.2) is 6.33 Å². The first-order valence-corrected chi connectivity index (χ1v) is 5.86. The molecular formula is C12H20N2O. The molecule has 0 amide bonds. The summed E-state index contributed by atoms with van der Waals surface area (Å²) in [5.74, 6) is 0. The third-order valence-electron chi connectivity index (χ3n) is 3.27. The zero-order chi connectivity index (χ0) is 10.7. The Morgan fingerprint density at radius 2 is 2.27 bits per heavy atom. The SMILES string of the molecule is COCCC(C)n1cnc2c1CCCC2. The third kappa shape index (κ3) is 2.23. The highest BCUT2D eigenvalue weighted by molar-refractivity contribution is 5.17. The average Bonchev–Trinajstić information content (AvgIpc) is 2.69. The molecule has 15 heavy (non-hydrogen) atoms. The maximum atomic E-state index is 5.12. The molecule has 1 atom stereocenters. The molecule has 3 heteroatoms. The fraction of sp³-hybridized carbons (Fsp3) is 0.750. The van der Waals surface area contributed by atoms with Crippen molar-refractivity contribution in [3.8, 4) is 0 Å². The minimum atomic E-state index is 0.513. The fourth-order valence-corrected chi connectivity index (χ4v) is 2.30. The van der Waals surface area contributed by atoms with E-state index in [0.29, 0.717) is 6.04 Å². The molecule has 3 nitrogen and oxygen atoms in total. The Morgan fingerprint density at radius 1 is 1.47 bits per heavy atom. The van der Waals surface area contributed by atoms with E-state index in [4.69, 9.17) is 4.74 Å². The van der Waals surface area contributed by atoms with E-state index >= 15 is 0 Å². The highest BCUT2D eigenvalue weighted by Gasteiger charge is 2.17. The first kappa shape index (κ1) is 10.7. The van der Waals surface area contributed by atoms with E-state index in [1.165, 1.54) is 37.1 Å². The molecule has 0 radical (unpaired) electrons. The van der Waals surface area contributed by atoms with Crippen molar-refractivity contribution in [2.75, 3.05) is 13.7 Å². The Kier molecular flexibility index (Phi) is 3.41. The fourth-order valence-electron chi connectivity index (χ4n) is 2.30. The van der Waals surface area contributed by atoms with E-state index in [0.717, 1.165) is 13.0 Å². The Bertz CT molecular complexity index is 319. The van der Waals surface area contributed by atoms with Crippen LogP contribution in [0.5, 0.6) is 0 Å². The molecule has 1 heterocycles. The lowest BCUT2D eigenvalue weighted by molar-refractivity contribution is 0.180. The number of hydrogen-bond donors (Lipinski definition) is 0. The Labute approximate surface area is 91.5 Å². The van der Waals surface area contributed by atoms with Crippen LogP contribution in [0.1, 0.15) is 43.6 Å². The van der Waals surface area contributed by atoms with Gasteiger partial charge in [-0.3, -0.25) is 0 Å². The topological polar surface area (TPSA) is 27.1 Å². The lowest BCUT2D eigenvalue weighted by Crippen LogP contribution is -2.13. The van der Waals surface area contributed by atoms with Crippen LogP contribution in [-0.2, 0) is 17.6 Å². The summed E-state index contributed by atoms with van der Waals surface area (Å²) in [5, 5.41) is 0. The molecule has 0 aliphatic heterocycles. The van der Waals surface area contributed by atoms with Crippen molar-refractivity contribution in [2.45, 2.75) is 45.1 Å². The molecule has 0 saturated carbocycles. The van der Waals surface area contributed by atoms with E-state index in [9.17, 15) is 0 Å². The lowest BCUT2D eigenvalue weighted by atomic mass is 10.0. The van der Waals surface area contributed by atoms with Gasteiger partial charge in [-0.2, -0.15) is 0 Å². The number of ether oxygens (including phenoxy) is 1. The number of nitrogens with zero attached hydrogens (tertiary/aromatic N) is 2. The van der Waals surface area contributed by atoms with Crippen LogP contribution in [0.3, 0.4) is 0 Å². The Hall–Kier alpha value is -0.830. The monoisotopic (exact) mass is 208 g/mol. The highest BCUT2D eigenvalue weighted by atomic mass is 16.5. The molecule has 84 valence electrons. The summed E-state index contributed by atoms with van der Waals surface area (Å²) in [7, 11) is 1.76. The lowest BCUT2D eigenvalue weighted by Gasteiger charge is -2.19. The number of methoxy groups -OCH3 is 1.